The first-order valence-electron chi connectivity index (χ1n) is 8.14. The van der Waals surface area contributed by atoms with Crippen LogP contribution in [0.3, 0.4) is 0 Å². The van der Waals surface area contributed by atoms with Gasteiger partial charge in [-0.05, 0) is 29.9 Å². The Morgan fingerprint density at radius 2 is 2.00 bits per heavy atom. The fraction of sp³-hybridized carbons (Fsp3) is 0.368. The van der Waals surface area contributed by atoms with Crippen molar-refractivity contribution in [3.05, 3.63) is 35.9 Å². The molecule has 0 bridgehead atoms. The van der Waals surface area contributed by atoms with E-state index in [1.807, 2.05) is 18.2 Å². The first kappa shape index (κ1) is 15.5. The van der Waals surface area contributed by atoms with E-state index in [0.717, 1.165) is 29.5 Å². The number of aryl methyl sites for hydroxylation is 1. The lowest BCUT2D eigenvalue weighted by atomic mass is 10.0. The first-order valence-corrected chi connectivity index (χ1v) is 8.14. The maximum Gasteiger partial charge on any atom is 0.237 e. The number of benzene rings is 2. The predicted molar refractivity (Wildman–Crippen MR) is 90.5 cm³/mol. The summed E-state index contributed by atoms with van der Waals surface area (Å²) in [6.07, 6.45) is 3.48. The molecule has 1 aliphatic heterocycles. The van der Waals surface area contributed by atoms with Crippen LogP contribution >= 0.6 is 0 Å². The van der Waals surface area contributed by atoms with Crippen LogP contribution in [0.1, 0.15) is 38.7 Å². The van der Waals surface area contributed by atoms with Crippen LogP contribution in [0, 0.1) is 5.92 Å². The number of rotatable bonds is 4. The van der Waals surface area contributed by atoms with E-state index in [4.69, 9.17) is 0 Å². The van der Waals surface area contributed by atoms with E-state index in [1.54, 1.807) is 13.0 Å². The zero-order chi connectivity index (χ0) is 16.6. The Bertz CT molecular complexity index is 782. The summed E-state index contributed by atoms with van der Waals surface area (Å²) in [5.41, 5.74) is 1.52. The molecule has 3 rings (SSSR count). The maximum atomic E-state index is 12.2. The molecule has 1 saturated heterocycles. The number of carbonyl (C=O) groups is 2. The van der Waals surface area contributed by atoms with Crippen LogP contribution in [0.5, 0.6) is 5.75 Å². The van der Waals surface area contributed by atoms with Gasteiger partial charge in [0.1, 0.15) is 5.75 Å². The lowest BCUT2D eigenvalue weighted by Crippen LogP contribution is -2.30. The standard InChI is InChI=1S/C19H21NO3/c1-3-4-5-13-6-8-15-14(11-13)7-9-16(18(15)22)20-17(21)10-12(2)19(20)23/h6-9,11-12,22H,3-5,10H2,1-2H3. The molecule has 0 aromatic heterocycles. The Hall–Kier alpha value is -2.36. The minimum absolute atomic E-state index is 0.000316. The number of anilines is 1. The molecule has 4 heteroatoms. The number of amides is 2. The summed E-state index contributed by atoms with van der Waals surface area (Å²) in [4.78, 5) is 25.3. The molecule has 1 N–H and O–H groups in total. The van der Waals surface area contributed by atoms with Crippen LogP contribution < -0.4 is 4.90 Å². The molecule has 1 atom stereocenters. The monoisotopic (exact) mass is 311 g/mol. The van der Waals surface area contributed by atoms with Crippen molar-refractivity contribution in [3.8, 4) is 5.75 Å². The summed E-state index contributed by atoms with van der Waals surface area (Å²) in [5, 5.41) is 12.1. The van der Waals surface area contributed by atoms with Crippen LogP contribution in [-0.4, -0.2) is 16.9 Å². The minimum Gasteiger partial charge on any atom is -0.505 e. The predicted octanol–water partition coefficient (Wildman–Crippen LogP) is 3.79. The molecule has 2 aromatic carbocycles. The number of hydrogen-bond donors (Lipinski definition) is 1. The van der Waals surface area contributed by atoms with E-state index < -0.39 is 0 Å². The highest BCUT2D eigenvalue weighted by Crippen LogP contribution is 2.38. The second-order valence-electron chi connectivity index (χ2n) is 6.26. The Kier molecular flexibility index (Phi) is 4.07. The lowest BCUT2D eigenvalue weighted by molar-refractivity contribution is -0.122. The van der Waals surface area contributed by atoms with Gasteiger partial charge in [0.2, 0.25) is 11.8 Å². The zero-order valence-electron chi connectivity index (χ0n) is 13.5. The van der Waals surface area contributed by atoms with E-state index in [1.165, 1.54) is 5.56 Å². The van der Waals surface area contributed by atoms with Gasteiger partial charge < -0.3 is 5.11 Å². The molecular weight excluding hydrogens is 290 g/mol. The molecule has 1 fully saturated rings. The highest BCUT2D eigenvalue weighted by atomic mass is 16.3. The normalized spacial score (nSPS) is 18.2. The first-order chi connectivity index (χ1) is 11.0. The van der Waals surface area contributed by atoms with Crippen LogP contribution in [0.25, 0.3) is 10.8 Å². The lowest BCUT2D eigenvalue weighted by Gasteiger charge is -2.17. The number of carbonyl (C=O) groups excluding carboxylic acids is 2. The van der Waals surface area contributed by atoms with Crippen molar-refractivity contribution in [2.45, 2.75) is 39.5 Å². The maximum absolute atomic E-state index is 12.2. The quantitative estimate of drug-likeness (QED) is 0.874. The largest absolute Gasteiger partial charge is 0.505 e. The number of phenolic OH excluding ortho intramolecular Hbond substituents is 1. The van der Waals surface area contributed by atoms with Crippen molar-refractivity contribution < 1.29 is 14.7 Å². The van der Waals surface area contributed by atoms with Gasteiger partial charge in [-0.3, -0.25) is 9.59 Å². The van der Waals surface area contributed by atoms with Crippen LogP contribution in [0.15, 0.2) is 30.3 Å². The van der Waals surface area contributed by atoms with Crippen molar-refractivity contribution in [3.63, 3.8) is 0 Å². The van der Waals surface area contributed by atoms with Crippen molar-refractivity contribution in [1.82, 2.24) is 0 Å². The van der Waals surface area contributed by atoms with Gasteiger partial charge in [0, 0.05) is 17.7 Å². The molecule has 2 amide bonds. The molecule has 0 radical (unpaired) electrons. The Morgan fingerprint density at radius 3 is 2.65 bits per heavy atom. The summed E-state index contributed by atoms with van der Waals surface area (Å²) in [5.74, 6) is -0.824. The fourth-order valence-corrected chi connectivity index (χ4v) is 3.11. The zero-order valence-corrected chi connectivity index (χ0v) is 13.5. The Labute approximate surface area is 135 Å². The molecule has 0 spiro atoms. The summed E-state index contributed by atoms with van der Waals surface area (Å²) >= 11 is 0. The van der Waals surface area contributed by atoms with Crippen LogP contribution in [0.2, 0.25) is 0 Å². The van der Waals surface area contributed by atoms with E-state index in [2.05, 4.69) is 13.0 Å². The average molecular weight is 311 g/mol. The van der Waals surface area contributed by atoms with Gasteiger partial charge in [0.05, 0.1) is 5.69 Å². The molecule has 1 unspecified atom stereocenters. The van der Waals surface area contributed by atoms with Gasteiger partial charge in [-0.15, -0.1) is 0 Å². The molecule has 2 aromatic rings. The Balaban J connectivity index is 2.02. The van der Waals surface area contributed by atoms with Crippen molar-refractivity contribution in [1.29, 1.82) is 0 Å². The van der Waals surface area contributed by atoms with E-state index in [-0.39, 0.29) is 35.6 Å². The van der Waals surface area contributed by atoms with Crippen molar-refractivity contribution in [2.24, 2.45) is 5.92 Å². The smallest absolute Gasteiger partial charge is 0.237 e. The van der Waals surface area contributed by atoms with Gasteiger partial charge in [0.15, 0.2) is 0 Å². The third-order valence-electron chi connectivity index (χ3n) is 4.47. The second kappa shape index (κ2) is 6.03. The number of hydrogen-bond acceptors (Lipinski definition) is 3. The molecule has 23 heavy (non-hydrogen) atoms. The molecule has 120 valence electrons. The van der Waals surface area contributed by atoms with Crippen molar-refractivity contribution >= 4 is 28.3 Å². The summed E-state index contributed by atoms with van der Waals surface area (Å²) in [7, 11) is 0. The average Bonchev–Trinajstić information content (AvgIpc) is 2.79. The molecule has 0 aliphatic carbocycles. The summed E-state index contributed by atoms with van der Waals surface area (Å²) in [6.45, 7) is 3.89. The van der Waals surface area contributed by atoms with Gasteiger partial charge in [0.25, 0.3) is 0 Å². The molecule has 0 saturated carbocycles. The summed E-state index contributed by atoms with van der Waals surface area (Å²) < 4.78 is 0. The van der Waals surface area contributed by atoms with E-state index in [9.17, 15) is 14.7 Å². The van der Waals surface area contributed by atoms with Crippen LogP contribution in [0.4, 0.5) is 5.69 Å². The molecule has 1 heterocycles. The minimum atomic E-state index is -0.325. The fourth-order valence-electron chi connectivity index (χ4n) is 3.11. The number of nitrogens with zero attached hydrogens (tertiary/aromatic N) is 1. The number of imide groups is 1. The van der Waals surface area contributed by atoms with Crippen molar-refractivity contribution in [2.75, 3.05) is 4.90 Å². The molecule has 4 nitrogen and oxygen atoms in total. The topological polar surface area (TPSA) is 57.6 Å². The Morgan fingerprint density at radius 1 is 1.22 bits per heavy atom. The van der Waals surface area contributed by atoms with Gasteiger partial charge in [-0.1, -0.05) is 44.5 Å². The number of phenols is 1. The second-order valence-corrected chi connectivity index (χ2v) is 6.26. The number of unbranched alkanes of at least 4 members (excludes halogenated alkanes) is 1. The molecule has 1 aliphatic rings. The highest BCUT2D eigenvalue weighted by Gasteiger charge is 2.38. The van der Waals surface area contributed by atoms with E-state index >= 15 is 0 Å². The third-order valence-corrected chi connectivity index (χ3v) is 4.47. The van der Waals surface area contributed by atoms with Gasteiger partial charge in [-0.25, -0.2) is 4.90 Å². The number of fused-ring (bicyclic) bond motifs is 1. The third kappa shape index (κ3) is 2.69. The number of aromatic hydroxyl groups is 1. The van der Waals surface area contributed by atoms with E-state index in [0.29, 0.717) is 5.39 Å². The molecular formula is C19H21NO3. The van der Waals surface area contributed by atoms with Gasteiger partial charge in [-0.2, -0.15) is 0 Å². The highest BCUT2D eigenvalue weighted by molar-refractivity contribution is 6.22. The SMILES string of the molecule is CCCCc1ccc2c(O)c(N3C(=O)CC(C)C3=O)ccc2c1. The summed E-state index contributed by atoms with van der Waals surface area (Å²) in [6, 6.07) is 9.45. The van der Waals surface area contributed by atoms with Crippen LogP contribution in [-0.2, 0) is 16.0 Å². The van der Waals surface area contributed by atoms with Gasteiger partial charge >= 0.3 is 0 Å².